The lowest BCUT2D eigenvalue weighted by atomic mass is 10.2. The minimum atomic E-state index is -4.67. The fourth-order valence-corrected chi connectivity index (χ4v) is 1.04. The number of nitrogens with zero attached hydrogens (tertiary/aromatic N) is 1. The van der Waals surface area contributed by atoms with Crippen LogP contribution in [-0.2, 0) is 6.18 Å². The van der Waals surface area contributed by atoms with Crippen molar-refractivity contribution in [1.29, 1.82) is 0 Å². The molecule has 0 aromatic carbocycles. The molecule has 0 atom stereocenters. The maximum absolute atomic E-state index is 12.7. The van der Waals surface area contributed by atoms with Crippen LogP contribution in [0.25, 0.3) is 0 Å². The molecule has 0 fully saturated rings. The molecular weight excluding hydrogens is 210 g/mol. The first-order chi connectivity index (χ1) is 5.82. The van der Waals surface area contributed by atoms with Gasteiger partial charge >= 0.3 is 6.18 Å². The summed E-state index contributed by atoms with van der Waals surface area (Å²) in [5, 5.41) is -0.730. The second kappa shape index (κ2) is 3.14. The predicted molar refractivity (Wildman–Crippen MR) is 38.9 cm³/mol. The van der Waals surface area contributed by atoms with Crippen LogP contribution >= 0.6 is 11.6 Å². The van der Waals surface area contributed by atoms with E-state index in [9.17, 15) is 17.6 Å². The third-order valence-electron chi connectivity index (χ3n) is 1.41. The van der Waals surface area contributed by atoms with Gasteiger partial charge in [-0.1, -0.05) is 11.6 Å². The Morgan fingerprint density at radius 1 is 1.38 bits per heavy atom. The molecule has 0 saturated heterocycles. The average Bonchev–Trinajstić information content (AvgIpc) is 1.94. The van der Waals surface area contributed by atoms with E-state index in [1.165, 1.54) is 6.92 Å². The molecule has 1 nitrogen and oxygen atoms in total. The molecule has 0 N–H and O–H groups in total. The Morgan fingerprint density at radius 3 is 2.38 bits per heavy atom. The van der Waals surface area contributed by atoms with E-state index in [-0.39, 0.29) is 5.69 Å². The van der Waals surface area contributed by atoms with Gasteiger partial charge in [-0.3, -0.25) is 0 Å². The molecule has 1 aromatic rings. The quantitative estimate of drug-likeness (QED) is 0.476. The summed E-state index contributed by atoms with van der Waals surface area (Å²) in [5.41, 5.74) is -1.41. The van der Waals surface area contributed by atoms with E-state index in [1.807, 2.05) is 0 Å². The van der Waals surface area contributed by atoms with Gasteiger partial charge in [0.05, 0.1) is 11.3 Å². The monoisotopic (exact) mass is 213 g/mol. The lowest BCUT2D eigenvalue weighted by Gasteiger charge is -2.08. The molecule has 0 aliphatic carbocycles. The van der Waals surface area contributed by atoms with Crippen molar-refractivity contribution in [2.45, 2.75) is 13.1 Å². The SMILES string of the molecule is Cc1nc(Cl)c(C(F)(F)F)cc1F. The van der Waals surface area contributed by atoms with E-state index in [0.717, 1.165) is 0 Å². The fourth-order valence-electron chi connectivity index (χ4n) is 0.750. The molecule has 0 bridgehead atoms. The molecular formula is C7H4ClF4N. The highest BCUT2D eigenvalue weighted by atomic mass is 35.5. The van der Waals surface area contributed by atoms with Gasteiger partial charge in [-0.2, -0.15) is 13.2 Å². The van der Waals surface area contributed by atoms with Gasteiger partial charge < -0.3 is 0 Å². The first-order valence-corrected chi connectivity index (χ1v) is 3.60. The Hall–Kier alpha value is -0.840. The Morgan fingerprint density at radius 2 is 1.92 bits per heavy atom. The Balaban J connectivity index is 3.32. The van der Waals surface area contributed by atoms with Crippen LogP contribution < -0.4 is 0 Å². The molecule has 0 amide bonds. The largest absolute Gasteiger partial charge is 0.419 e. The lowest BCUT2D eigenvalue weighted by molar-refractivity contribution is -0.137. The number of aryl methyl sites for hydroxylation is 1. The predicted octanol–water partition coefficient (Wildman–Crippen LogP) is 3.20. The van der Waals surface area contributed by atoms with Crippen LogP contribution in [0, 0.1) is 12.7 Å². The number of aromatic nitrogens is 1. The first kappa shape index (κ1) is 10.2. The molecule has 0 saturated carbocycles. The summed E-state index contributed by atoms with van der Waals surface area (Å²) in [5.74, 6) is -1.02. The van der Waals surface area contributed by atoms with Crippen LogP contribution in [0.3, 0.4) is 0 Å². The highest BCUT2D eigenvalue weighted by Gasteiger charge is 2.34. The normalized spacial score (nSPS) is 11.8. The minimum absolute atomic E-state index is 0.155. The maximum Gasteiger partial charge on any atom is 0.419 e. The molecule has 1 aromatic heterocycles. The van der Waals surface area contributed by atoms with E-state index in [1.54, 1.807) is 0 Å². The summed E-state index contributed by atoms with van der Waals surface area (Å²) < 4.78 is 48.9. The number of alkyl halides is 3. The Bertz CT molecular complexity index is 334. The zero-order valence-corrected chi connectivity index (χ0v) is 7.17. The van der Waals surface area contributed by atoms with E-state index in [2.05, 4.69) is 4.98 Å². The Kier molecular flexibility index (Phi) is 2.47. The lowest BCUT2D eigenvalue weighted by Crippen LogP contribution is -2.08. The van der Waals surface area contributed by atoms with Gasteiger partial charge in [0.2, 0.25) is 0 Å². The van der Waals surface area contributed by atoms with Crippen molar-refractivity contribution in [2.75, 3.05) is 0 Å². The highest BCUT2D eigenvalue weighted by Crippen LogP contribution is 2.34. The molecule has 72 valence electrons. The number of hydrogen-bond donors (Lipinski definition) is 0. The van der Waals surface area contributed by atoms with Gasteiger partial charge in [-0.25, -0.2) is 9.37 Å². The summed E-state index contributed by atoms with van der Waals surface area (Å²) >= 11 is 5.19. The van der Waals surface area contributed by atoms with Gasteiger partial charge in [0.1, 0.15) is 11.0 Å². The van der Waals surface area contributed by atoms with Crippen LogP contribution in [0.5, 0.6) is 0 Å². The van der Waals surface area contributed by atoms with Gasteiger partial charge in [0.15, 0.2) is 0 Å². The Labute approximate surface area is 76.3 Å². The standard InChI is InChI=1S/C7H4ClF4N/c1-3-5(9)2-4(6(8)13-3)7(10,11)12/h2H,1H3. The van der Waals surface area contributed by atoms with Crippen molar-refractivity contribution in [3.63, 3.8) is 0 Å². The number of halogens is 5. The van der Waals surface area contributed by atoms with E-state index < -0.39 is 22.7 Å². The van der Waals surface area contributed by atoms with Crippen LogP contribution in [0.15, 0.2) is 6.07 Å². The first-order valence-electron chi connectivity index (χ1n) is 3.22. The molecule has 0 unspecified atom stereocenters. The molecule has 0 spiro atoms. The molecule has 0 aliphatic rings. The average molecular weight is 214 g/mol. The summed E-state index contributed by atoms with van der Waals surface area (Å²) in [6, 6.07) is 0.338. The second-order valence-electron chi connectivity index (χ2n) is 2.39. The van der Waals surface area contributed by atoms with Crippen molar-refractivity contribution >= 4 is 11.6 Å². The minimum Gasteiger partial charge on any atom is -0.238 e. The van der Waals surface area contributed by atoms with Crippen molar-refractivity contribution < 1.29 is 17.6 Å². The van der Waals surface area contributed by atoms with Gasteiger partial charge in [0, 0.05) is 0 Å². The van der Waals surface area contributed by atoms with Crippen molar-refractivity contribution in [3.05, 3.63) is 28.3 Å². The van der Waals surface area contributed by atoms with E-state index in [4.69, 9.17) is 11.6 Å². The van der Waals surface area contributed by atoms with Crippen molar-refractivity contribution in [1.82, 2.24) is 4.98 Å². The van der Waals surface area contributed by atoms with Crippen molar-refractivity contribution in [2.24, 2.45) is 0 Å². The van der Waals surface area contributed by atoms with Crippen LogP contribution in [0.2, 0.25) is 5.15 Å². The smallest absolute Gasteiger partial charge is 0.238 e. The maximum atomic E-state index is 12.7. The van der Waals surface area contributed by atoms with Crippen LogP contribution in [-0.4, -0.2) is 4.98 Å². The van der Waals surface area contributed by atoms with Crippen molar-refractivity contribution in [3.8, 4) is 0 Å². The third-order valence-corrected chi connectivity index (χ3v) is 1.70. The highest BCUT2D eigenvalue weighted by molar-refractivity contribution is 6.30. The summed E-state index contributed by atoms with van der Waals surface area (Å²) in [6.07, 6.45) is -4.67. The van der Waals surface area contributed by atoms with Crippen LogP contribution in [0.4, 0.5) is 17.6 Å². The number of hydrogen-bond acceptors (Lipinski definition) is 1. The fraction of sp³-hybridized carbons (Fsp3) is 0.286. The van der Waals surface area contributed by atoms with E-state index >= 15 is 0 Å². The summed E-state index contributed by atoms with van der Waals surface area (Å²) in [7, 11) is 0. The molecule has 0 radical (unpaired) electrons. The third kappa shape index (κ3) is 2.09. The van der Waals surface area contributed by atoms with Gasteiger partial charge in [-0.05, 0) is 13.0 Å². The van der Waals surface area contributed by atoms with Crippen LogP contribution in [0.1, 0.15) is 11.3 Å². The molecule has 13 heavy (non-hydrogen) atoms. The molecule has 6 heteroatoms. The topological polar surface area (TPSA) is 12.9 Å². The molecule has 1 rings (SSSR count). The molecule has 1 heterocycles. The van der Waals surface area contributed by atoms with Gasteiger partial charge in [0.25, 0.3) is 0 Å². The molecule has 0 aliphatic heterocycles. The zero-order chi connectivity index (χ0) is 10.2. The van der Waals surface area contributed by atoms with Gasteiger partial charge in [-0.15, -0.1) is 0 Å². The summed E-state index contributed by atoms with van der Waals surface area (Å²) in [6.45, 7) is 1.24. The number of pyridine rings is 1. The summed E-state index contributed by atoms with van der Waals surface area (Å²) in [4.78, 5) is 3.21. The van der Waals surface area contributed by atoms with E-state index in [0.29, 0.717) is 6.07 Å². The number of rotatable bonds is 0. The zero-order valence-electron chi connectivity index (χ0n) is 6.41. The second-order valence-corrected chi connectivity index (χ2v) is 2.75.